The Hall–Kier alpha value is -1.76. The Balaban J connectivity index is 1.32. The monoisotopic (exact) mass is 360 g/mol. The van der Waals surface area contributed by atoms with Crippen LogP contribution >= 0.6 is 11.3 Å². The number of rotatable bonds is 4. The van der Waals surface area contributed by atoms with Crippen molar-refractivity contribution in [3.8, 4) is 0 Å². The van der Waals surface area contributed by atoms with Gasteiger partial charge >= 0.3 is 0 Å². The van der Waals surface area contributed by atoms with Crippen molar-refractivity contribution >= 4 is 17.2 Å². The molecule has 2 aliphatic rings. The standard InChI is InChI=1S/C18H24N4O2S/c1-12-10-15(21-24-12)18(23)22-8-6-14(7-9-22)17-20-19-16(25-17)11-13-4-2-3-5-13/h10,13-14H,2-9,11H2,1H3. The van der Waals surface area contributed by atoms with Gasteiger partial charge in [-0.1, -0.05) is 30.8 Å². The zero-order chi connectivity index (χ0) is 17.2. The van der Waals surface area contributed by atoms with Gasteiger partial charge in [-0.2, -0.15) is 0 Å². The van der Waals surface area contributed by atoms with Gasteiger partial charge in [0, 0.05) is 31.5 Å². The van der Waals surface area contributed by atoms with Gasteiger partial charge in [-0.15, -0.1) is 21.5 Å². The van der Waals surface area contributed by atoms with Gasteiger partial charge in [0.05, 0.1) is 0 Å². The Morgan fingerprint density at radius 3 is 2.68 bits per heavy atom. The molecule has 0 spiro atoms. The van der Waals surface area contributed by atoms with E-state index in [1.165, 1.54) is 30.7 Å². The summed E-state index contributed by atoms with van der Waals surface area (Å²) in [5.74, 6) is 1.88. The van der Waals surface area contributed by atoms with Gasteiger partial charge in [-0.25, -0.2) is 0 Å². The SMILES string of the molecule is Cc1cc(C(=O)N2CCC(c3nnc(CC4CCCC4)s3)CC2)no1. The number of aromatic nitrogens is 3. The second-order valence-electron chi connectivity index (χ2n) is 7.28. The molecule has 2 fully saturated rings. The highest BCUT2D eigenvalue weighted by Gasteiger charge is 2.28. The number of carbonyl (C=O) groups is 1. The van der Waals surface area contributed by atoms with E-state index in [9.17, 15) is 4.79 Å². The number of aryl methyl sites for hydroxylation is 1. The molecular formula is C18H24N4O2S. The van der Waals surface area contributed by atoms with Crippen LogP contribution in [0.2, 0.25) is 0 Å². The van der Waals surface area contributed by atoms with Crippen molar-refractivity contribution in [1.29, 1.82) is 0 Å². The van der Waals surface area contributed by atoms with Crippen LogP contribution in [0.5, 0.6) is 0 Å². The van der Waals surface area contributed by atoms with Gasteiger partial charge in [0.15, 0.2) is 5.69 Å². The normalized spacial score (nSPS) is 19.6. The molecule has 1 saturated carbocycles. The van der Waals surface area contributed by atoms with Crippen LogP contribution in [0.1, 0.15) is 70.7 Å². The predicted molar refractivity (Wildman–Crippen MR) is 94.7 cm³/mol. The first-order valence-corrected chi connectivity index (χ1v) is 10.1. The molecule has 6 nitrogen and oxygen atoms in total. The molecule has 1 saturated heterocycles. The van der Waals surface area contributed by atoms with E-state index >= 15 is 0 Å². The summed E-state index contributed by atoms with van der Waals surface area (Å²) in [6.45, 7) is 3.29. The number of hydrogen-bond donors (Lipinski definition) is 0. The van der Waals surface area contributed by atoms with E-state index in [1.807, 2.05) is 4.90 Å². The zero-order valence-corrected chi connectivity index (χ0v) is 15.4. The van der Waals surface area contributed by atoms with Crippen LogP contribution in [0, 0.1) is 12.8 Å². The lowest BCUT2D eigenvalue weighted by atomic mass is 9.97. The van der Waals surface area contributed by atoms with Gasteiger partial charge in [-0.05, 0) is 25.7 Å². The highest BCUT2D eigenvalue weighted by Crippen LogP contribution is 2.33. The first kappa shape index (κ1) is 16.7. The molecule has 2 aromatic rings. The highest BCUT2D eigenvalue weighted by atomic mass is 32.1. The first-order chi connectivity index (χ1) is 12.2. The maximum absolute atomic E-state index is 12.4. The molecule has 25 heavy (non-hydrogen) atoms. The molecule has 0 radical (unpaired) electrons. The van der Waals surface area contributed by atoms with Crippen LogP contribution in [0.25, 0.3) is 0 Å². The lowest BCUT2D eigenvalue weighted by Gasteiger charge is -2.30. The minimum atomic E-state index is -0.0329. The molecular weight excluding hydrogens is 336 g/mol. The largest absolute Gasteiger partial charge is 0.361 e. The number of piperidine rings is 1. The number of likely N-dealkylation sites (tertiary alicyclic amines) is 1. The summed E-state index contributed by atoms with van der Waals surface area (Å²) in [5.41, 5.74) is 0.408. The first-order valence-electron chi connectivity index (χ1n) is 9.24. The average molecular weight is 360 g/mol. The van der Waals surface area contributed by atoms with Crippen molar-refractivity contribution in [3.05, 3.63) is 27.5 Å². The minimum Gasteiger partial charge on any atom is -0.361 e. The fourth-order valence-electron chi connectivity index (χ4n) is 3.93. The second kappa shape index (κ2) is 7.23. The molecule has 2 aromatic heterocycles. The third-order valence-electron chi connectivity index (χ3n) is 5.40. The summed E-state index contributed by atoms with van der Waals surface area (Å²) in [6.07, 6.45) is 8.41. The van der Waals surface area contributed by atoms with E-state index in [-0.39, 0.29) is 5.91 Å². The number of amides is 1. The van der Waals surface area contributed by atoms with Crippen molar-refractivity contribution in [3.63, 3.8) is 0 Å². The third kappa shape index (κ3) is 3.76. The maximum Gasteiger partial charge on any atom is 0.276 e. The van der Waals surface area contributed by atoms with Crippen molar-refractivity contribution in [2.45, 2.75) is 57.8 Å². The Bertz CT molecular complexity index is 727. The number of nitrogens with zero attached hydrogens (tertiary/aromatic N) is 4. The second-order valence-corrected chi connectivity index (χ2v) is 8.37. The summed E-state index contributed by atoms with van der Waals surface area (Å²) in [6, 6.07) is 1.70. The third-order valence-corrected chi connectivity index (χ3v) is 6.51. The molecule has 0 bridgehead atoms. The van der Waals surface area contributed by atoms with Gasteiger partial charge in [0.25, 0.3) is 5.91 Å². The maximum atomic E-state index is 12.4. The Morgan fingerprint density at radius 1 is 1.24 bits per heavy atom. The summed E-state index contributed by atoms with van der Waals surface area (Å²) in [7, 11) is 0. The molecule has 0 unspecified atom stereocenters. The summed E-state index contributed by atoms with van der Waals surface area (Å²) >= 11 is 1.78. The van der Waals surface area contributed by atoms with Crippen LogP contribution in [-0.4, -0.2) is 39.3 Å². The van der Waals surface area contributed by atoms with E-state index in [4.69, 9.17) is 4.52 Å². The molecule has 134 valence electrons. The Labute approximate surface area is 151 Å². The van der Waals surface area contributed by atoms with E-state index in [0.29, 0.717) is 17.4 Å². The fraction of sp³-hybridized carbons (Fsp3) is 0.667. The van der Waals surface area contributed by atoms with Crippen LogP contribution < -0.4 is 0 Å². The van der Waals surface area contributed by atoms with Crippen molar-refractivity contribution in [2.24, 2.45) is 5.92 Å². The molecule has 1 aliphatic carbocycles. The fourth-order valence-corrected chi connectivity index (χ4v) is 5.06. The van der Waals surface area contributed by atoms with Crippen LogP contribution in [0.15, 0.2) is 10.6 Å². The molecule has 1 aliphatic heterocycles. The predicted octanol–water partition coefficient (Wildman–Crippen LogP) is 3.59. The number of carbonyl (C=O) groups excluding carboxylic acids is 1. The number of hydrogen-bond acceptors (Lipinski definition) is 6. The lowest BCUT2D eigenvalue weighted by molar-refractivity contribution is 0.0702. The molecule has 0 aromatic carbocycles. The molecule has 7 heteroatoms. The van der Waals surface area contributed by atoms with E-state index in [2.05, 4.69) is 15.4 Å². The van der Waals surface area contributed by atoms with Crippen LogP contribution in [0.3, 0.4) is 0 Å². The summed E-state index contributed by atoms with van der Waals surface area (Å²) < 4.78 is 5.01. The average Bonchev–Trinajstić information content (AvgIpc) is 3.37. The van der Waals surface area contributed by atoms with Gasteiger partial charge in [0.2, 0.25) is 0 Å². The smallest absolute Gasteiger partial charge is 0.276 e. The van der Waals surface area contributed by atoms with E-state index < -0.39 is 0 Å². The van der Waals surface area contributed by atoms with Crippen LogP contribution in [0.4, 0.5) is 0 Å². The van der Waals surface area contributed by atoms with Crippen molar-refractivity contribution in [2.75, 3.05) is 13.1 Å². The van der Waals surface area contributed by atoms with Gasteiger partial charge in [0.1, 0.15) is 15.8 Å². The zero-order valence-electron chi connectivity index (χ0n) is 14.6. The van der Waals surface area contributed by atoms with Crippen molar-refractivity contribution in [1.82, 2.24) is 20.3 Å². The van der Waals surface area contributed by atoms with Gasteiger partial charge < -0.3 is 9.42 Å². The van der Waals surface area contributed by atoms with Crippen molar-refractivity contribution < 1.29 is 9.32 Å². The summed E-state index contributed by atoms with van der Waals surface area (Å²) in [4.78, 5) is 14.3. The lowest BCUT2D eigenvalue weighted by Crippen LogP contribution is -2.38. The van der Waals surface area contributed by atoms with Crippen LogP contribution in [-0.2, 0) is 6.42 Å². The molecule has 3 heterocycles. The minimum absolute atomic E-state index is 0.0329. The van der Waals surface area contributed by atoms with Gasteiger partial charge in [-0.3, -0.25) is 4.79 Å². The van der Waals surface area contributed by atoms with E-state index in [1.54, 1.807) is 24.3 Å². The molecule has 0 N–H and O–H groups in total. The Kier molecular flexibility index (Phi) is 4.83. The topological polar surface area (TPSA) is 72.1 Å². The van der Waals surface area contributed by atoms with E-state index in [0.717, 1.165) is 43.3 Å². The molecule has 4 rings (SSSR count). The molecule has 0 atom stereocenters. The Morgan fingerprint density at radius 2 is 2.00 bits per heavy atom. The highest BCUT2D eigenvalue weighted by molar-refractivity contribution is 7.11. The summed E-state index contributed by atoms with van der Waals surface area (Å²) in [5, 5.41) is 15.1. The molecule has 1 amide bonds. The quantitative estimate of drug-likeness (QED) is 0.833.